The summed E-state index contributed by atoms with van der Waals surface area (Å²) >= 11 is 0. The molecule has 174 valence electrons. The highest BCUT2D eigenvalue weighted by Gasteiger charge is 2.23. The van der Waals surface area contributed by atoms with Crippen LogP contribution in [0.3, 0.4) is 0 Å². The van der Waals surface area contributed by atoms with Gasteiger partial charge in [0.2, 0.25) is 0 Å². The number of carbonyl (C=O) groups is 1. The molecular weight excluding hydrogens is 410 g/mol. The Kier molecular flexibility index (Phi) is 7.02. The molecule has 0 atom stereocenters. The number of amides is 2. The monoisotopic (exact) mass is 445 g/mol. The number of hydrogen-bond acceptors (Lipinski definition) is 4. The summed E-state index contributed by atoms with van der Waals surface area (Å²) in [7, 11) is 4.13. The van der Waals surface area contributed by atoms with Crippen LogP contribution in [0.25, 0.3) is 10.9 Å². The lowest BCUT2D eigenvalue weighted by Gasteiger charge is -2.30. The summed E-state index contributed by atoms with van der Waals surface area (Å²) in [6.45, 7) is 4.15. The van der Waals surface area contributed by atoms with Crippen LogP contribution in [0.15, 0.2) is 48.5 Å². The van der Waals surface area contributed by atoms with Gasteiger partial charge in [-0.3, -0.25) is 0 Å². The van der Waals surface area contributed by atoms with Crippen molar-refractivity contribution in [1.82, 2.24) is 10.3 Å². The van der Waals surface area contributed by atoms with E-state index in [0.717, 1.165) is 71.3 Å². The number of benzene rings is 2. The fraction of sp³-hybridized carbons (Fsp3) is 0.407. The van der Waals surface area contributed by atoms with Gasteiger partial charge in [-0.1, -0.05) is 43.3 Å². The van der Waals surface area contributed by atoms with E-state index >= 15 is 0 Å². The van der Waals surface area contributed by atoms with Crippen molar-refractivity contribution in [2.45, 2.75) is 58.0 Å². The van der Waals surface area contributed by atoms with Crippen molar-refractivity contribution >= 4 is 34.1 Å². The zero-order chi connectivity index (χ0) is 23.4. The highest BCUT2D eigenvalue weighted by molar-refractivity contribution is 5.93. The molecule has 1 aromatic heterocycles. The Hall–Kier alpha value is -3.28. The van der Waals surface area contributed by atoms with E-state index in [-0.39, 0.29) is 12.1 Å². The van der Waals surface area contributed by atoms with Gasteiger partial charge in [-0.15, -0.1) is 0 Å². The lowest BCUT2D eigenvalue weighted by Crippen LogP contribution is -2.42. The number of nitrogens with one attached hydrogen (secondary N) is 3. The van der Waals surface area contributed by atoms with E-state index < -0.39 is 0 Å². The highest BCUT2D eigenvalue weighted by atomic mass is 16.2. The van der Waals surface area contributed by atoms with E-state index in [2.05, 4.69) is 72.2 Å². The maximum Gasteiger partial charge on any atom is 0.319 e. The number of rotatable bonds is 6. The summed E-state index contributed by atoms with van der Waals surface area (Å²) in [6.07, 6.45) is 4.80. The molecule has 1 heterocycles. The number of hydrogen-bond donors (Lipinski definition) is 3. The summed E-state index contributed by atoms with van der Waals surface area (Å²) in [4.78, 5) is 19.6. The molecule has 4 rings (SSSR count). The molecule has 3 aromatic rings. The fourth-order valence-corrected chi connectivity index (χ4v) is 4.73. The maximum atomic E-state index is 12.6. The molecule has 6 nitrogen and oxygen atoms in total. The molecule has 0 spiro atoms. The van der Waals surface area contributed by atoms with Crippen molar-refractivity contribution in [1.29, 1.82) is 0 Å². The first-order valence-corrected chi connectivity index (χ1v) is 11.9. The van der Waals surface area contributed by atoms with Crippen LogP contribution in [0.4, 0.5) is 22.0 Å². The molecule has 1 aliphatic rings. The number of aromatic nitrogens is 1. The molecule has 0 unspecified atom stereocenters. The van der Waals surface area contributed by atoms with Crippen molar-refractivity contribution in [2.75, 3.05) is 29.6 Å². The van der Waals surface area contributed by atoms with Crippen molar-refractivity contribution < 1.29 is 4.79 Å². The molecule has 0 radical (unpaired) electrons. The van der Waals surface area contributed by atoms with Gasteiger partial charge in [0.05, 0.1) is 5.52 Å². The third-order valence-corrected chi connectivity index (χ3v) is 6.57. The molecule has 2 amide bonds. The van der Waals surface area contributed by atoms with Crippen LogP contribution < -0.4 is 20.9 Å². The first-order chi connectivity index (χ1) is 15.9. The van der Waals surface area contributed by atoms with E-state index in [1.54, 1.807) is 0 Å². The van der Waals surface area contributed by atoms with Crippen LogP contribution in [0.2, 0.25) is 0 Å². The van der Waals surface area contributed by atoms with E-state index in [9.17, 15) is 4.79 Å². The number of urea groups is 1. The number of aryl methyl sites for hydroxylation is 2. The Balaban J connectivity index is 1.34. The van der Waals surface area contributed by atoms with Crippen LogP contribution in [0.1, 0.15) is 43.7 Å². The summed E-state index contributed by atoms with van der Waals surface area (Å²) in [5.74, 6) is 0.915. The number of nitrogens with zero attached hydrogens (tertiary/aromatic N) is 2. The minimum Gasteiger partial charge on any atom is -0.377 e. The van der Waals surface area contributed by atoms with Gasteiger partial charge in [-0.2, -0.15) is 0 Å². The normalized spacial score (nSPS) is 18.1. The van der Waals surface area contributed by atoms with Crippen molar-refractivity contribution in [3.8, 4) is 0 Å². The average molecular weight is 446 g/mol. The zero-order valence-corrected chi connectivity index (χ0v) is 20.1. The Morgan fingerprint density at radius 3 is 2.48 bits per heavy atom. The standard InChI is InChI=1S/C27H35N5O/c1-5-19-10-8-9-18(2)26(19)31-27(33)29-21-15-13-20(14-16-21)28-25-17-24(32(3)4)22-11-6-7-12-23(22)30-25/h6-12,17,20-21H,5,13-16H2,1-4H3,(H,28,30)(H2,29,31,33). The number of fused-ring (bicyclic) bond motifs is 1. The number of para-hydroxylation sites is 2. The molecule has 33 heavy (non-hydrogen) atoms. The van der Waals surface area contributed by atoms with Gasteiger partial charge in [0.1, 0.15) is 5.82 Å². The SMILES string of the molecule is CCc1cccc(C)c1NC(=O)NC1CCC(Nc2cc(N(C)C)c3ccccc3n2)CC1. The van der Waals surface area contributed by atoms with Gasteiger partial charge in [0, 0.05) is 49.0 Å². The summed E-state index contributed by atoms with van der Waals surface area (Å²) in [5.41, 5.74) is 5.36. The summed E-state index contributed by atoms with van der Waals surface area (Å²) in [5, 5.41) is 11.1. The van der Waals surface area contributed by atoms with Gasteiger partial charge in [0.25, 0.3) is 0 Å². The third-order valence-electron chi connectivity index (χ3n) is 6.57. The van der Waals surface area contributed by atoms with Crippen molar-refractivity contribution in [3.05, 3.63) is 59.7 Å². The Labute approximate surface area is 196 Å². The van der Waals surface area contributed by atoms with E-state index in [1.165, 1.54) is 0 Å². The predicted octanol–water partition coefficient (Wildman–Crippen LogP) is 5.72. The summed E-state index contributed by atoms with van der Waals surface area (Å²) < 4.78 is 0. The maximum absolute atomic E-state index is 12.6. The number of anilines is 3. The smallest absolute Gasteiger partial charge is 0.319 e. The zero-order valence-electron chi connectivity index (χ0n) is 20.1. The minimum atomic E-state index is -0.109. The molecule has 2 aromatic carbocycles. The van der Waals surface area contributed by atoms with Crippen molar-refractivity contribution in [2.24, 2.45) is 0 Å². The molecule has 1 saturated carbocycles. The fourth-order valence-electron chi connectivity index (χ4n) is 4.73. The van der Waals surface area contributed by atoms with Crippen LogP contribution >= 0.6 is 0 Å². The van der Waals surface area contributed by atoms with Gasteiger partial charge >= 0.3 is 6.03 Å². The average Bonchev–Trinajstić information content (AvgIpc) is 2.81. The Morgan fingerprint density at radius 2 is 1.76 bits per heavy atom. The second kappa shape index (κ2) is 10.1. The molecule has 1 fully saturated rings. The van der Waals surface area contributed by atoms with E-state index in [1.807, 2.05) is 25.1 Å². The summed E-state index contributed by atoms with van der Waals surface area (Å²) in [6, 6.07) is 17.0. The third kappa shape index (κ3) is 5.38. The van der Waals surface area contributed by atoms with Crippen LogP contribution in [-0.2, 0) is 6.42 Å². The van der Waals surface area contributed by atoms with Gasteiger partial charge in [-0.05, 0) is 56.2 Å². The minimum absolute atomic E-state index is 0.109. The Morgan fingerprint density at radius 1 is 1.03 bits per heavy atom. The van der Waals surface area contributed by atoms with Crippen LogP contribution in [-0.4, -0.2) is 37.2 Å². The lowest BCUT2D eigenvalue weighted by atomic mass is 9.91. The first-order valence-electron chi connectivity index (χ1n) is 11.9. The molecule has 1 aliphatic carbocycles. The first kappa shape index (κ1) is 22.9. The second-order valence-corrected chi connectivity index (χ2v) is 9.19. The molecular formula is C27H35N5O. The lowest BCUT2D eigenvalue weighted by molar-refractivity contribution is 0.243. The van der Waals surface area contributed by atoms with Crippen LogP contribution in [0, 0.1) is 6.92 Å². The van der Waals surface area contributed by atoms with E-state index in [4.69, 9.17) is 4.98 Å². The highest BCUT2D eigenvalue weighted by Crippen LogP contribution is 2.29. The molecule has 0 bridgehead atoms. The molecule has 0 saturated heterocycles. The molecule has 6 heteroatoms. The second-order valence-electron chi connectivity index (χ2n) is 9.19. The Bertz CT molecular complexity index is 1120. The van der Waals surface area contributed by atoms with Gasteiger partial charge in [0.15, 0.2) is 0 Å². The molecule has 3 N–H and O–H groups in total. The molecule has 0 aliphatic heterocycles. The van der Waals surface area contributed by atoms with Gasteiger partial charge < -0.3 is 20.9 Å². The predicted molar refractivity (Wildman–Crippen MR) is 138 cm³/mol. The quantitative estimate of drug-likeness (QED) is 0.454. The van der Waals surface area contributed by atoms with Crippen LogP contribution in [0.5, 0.6) is 0 Å². The largest absolute Gasteiger partial charge is 0.377 e. The van der Waals surface area contributed by atoms with E-state index in [0.29, 0.717) is 6.04 Å². The number of carbonyl (C=O) groups excluding carboxylic acids is 1. The topological polar surface area (TPSA) is 69.3 Å². The number of pyridine rings is 1. The van der Waals surface area contributed by atoms with Gasteiger partial charge in [-0.25, -0.2) is 9.78 Å². The van der Waals surface area contributed by atoms with Crippen molar-refractivity contribution in [3.63, 3.8) is 0 Å².